The van der Waals surface area contributed by atoms with Crippen LogP contribution in [0.25, 0.3) is 0 Å². The lowest BCUT2D eigenvalue weighted by Gasteiger charge is -2.10. The number of nitrogens with one attached hydrogen (secondary N) is 2. The van der Waals surface area contributed by atoms with Crippen LogP contribution in [-0.2, 0) is 19.6 Å². The van der Waals surface area contributed by atoms with Gasteiger partial charge < -0.3 is 19.7 Å². The minimum absolute atomic E-state index is 0.458. The maximum atomic E-state index is 5.44. The summed E-state index contributed by atoms with van der Waals surface area (Å²) in [5, 5.41) is 18.7. The molecule has 8 heteroatoms. The number of rotatable bonds is 9. The van der Waals surface area contributed by atoms with E-state index in [0.717, 1.165) is 43.2 Å². The second-order valence-corrected chi connectivity index (χ2v) is 5.81. The first kappa shape index (κ1) is 19.0. The van der Waals surface area contributed by atoms with Gasteiger partial charge in [-0.3, -0.25) is 0 Å². The molecular formula is C17H29N7O. The summed E-state index contributed by atoms with van der Waals surface area (Å²) in [6, 6.07) is 2.03. The highest BCUT2D eigenvalue weighted by molar-refractivity contribution is 5.79. The van der Waals surface area contributed by atoms with Gasteiger partial charge >= 0.3 is 0 Å². The summed E-state index contributed by atoms with van der Waals surface area (Å²) in [6.07, 6.45) is 3.86. The minimum atomic E-state index is 0.458. The van der Waals surface area contributed by atoms with Gasteiger partial charge in [-0.15, -0.1) is 10.2 Å². The molecule has 0 aliphatic rings. The summed E-state index contributed by atoms with van der Waals surface area (Å²) in [5.41, 5.74) is 1.03. The standard InChI is InChI=1S/C17H29N7O/c1-5-13(6-2)15-9-14(25-23-15)10-19-17(18-7-3)20-11-16-22-21-12-24(16)8-4/h9,12-13H,5-8,10-11H2,1-4H3,(H2,18,19,20). The van der Waals surface area contributed by atoms with Gasteiger partial charge in [-0.25, -0.2) is 4.99 Å². The van der Waals surface area contributed by atoms with Crippen LogP contribution in [-0.4, -0.2) is 32.4 Å². The fourth-order valence-corrected chi connectivity index (χ4v) is 2.64. The highest BCUT2D eigenvalue weighted by atomic mass is 16.5. The second kappa shape index (κ2) is 9.80. The van der Waals surface area contributed by atoms with E-state index < -0.39 is 0 Å². The van der Waals surface area contributed by atoms with Gasteiger partial charge in [0.05, 0.1) is 12.2 Å². The van der Waals surface area contributed by atoms with E-state index in [1.807, 2.05) is 17.6 Å². The van der Waals surface area contributed by atoms with Gasteiger partial charge in [0.25, 0.3) is 0 Å². The van der Waals surface area contributed by atoms with Gasteiger partial charge in [0.15, 0.2) is 17.5 Å². The van der Waals surface area contributed by atoms with Gasteiger partial charge in [0, 0.05) is 25.1 Å². The zero-order chi connectivity index (χ0) is 18.1. The average Bonchev–Trinajstić information content (AvgIpc) is 3.27. The van der Waals surface area contributed by atoms with Gasteiger partial charge in [-0.2, -0.15) is 0 Å². The van der Waals surface area contributed by atoms with Gasteiger partial charge in [-0.1, -0.05) is 19.0 Å². The molecule has 2 rings (SSSR count). The van der Waals surface area contributed by atoms with Crippen molar-refractivity contribution in [2.75, 3.05) is 6.54 Å². The van der Waals surface area contributed by atoms with Crippen molar-refractivity contribution in [3.63, 3.8) is 0 Å². The first-order valence-corrected chi connectivity index (χ1v) is 9.06. The van der Waals surface area contributed by atoms with Crippen molar-refractivity contribution in [3.8, 4) is 0 Å². The zero-order valence-electron chi connectivity index (χ0n) is 15.6. The molecule has 0 spiro atoms. The van der Waals surface area contributed by atoms with Crippen molar-refractivity contribution in [1.29, 1.82) is 0 Å². The first-order valence-electron chi connectivity index (χ1n) is 9.06. The van der Waals surface area contributed by atoms with Crippen LogP contribution < -0.4 is 10.6 Å². The summed E-state index contributed by atoms with van der Waals surface area (Å²) in [4.78, 5) is 4.56. The summed E-state index contributed by atoms with van der Waals surface area (Å²) in [5.74, 6) is 2.83. The molecule has 2 heterocycles. The number of guanidine groups is 1. The number of aromatic nitrogens is 4. The molecule has 138 valence electrons. The number of aliphatic imine (C=N–C) groups is 1. The van der Waals surface area contributed by atoms with E-state index in [-0.39, 0.29) is 0 Å². The predicted molar refractivity (Wildman–Crippen MR) is 97.2 cm³/mol. The third-order valence-corrected chi connectivity index (χ3v) is 4.17. The molecule has 2 N–H and O–H groups in total. The summed E-state index contributed by atoms with van der Waals surface area (Å²) in [6.45, 7) is 11.1. The molecule has 0 amide bonds. The molecule has 0 bridgehead atoms. The highest BCUT2D eigenvalue weighted by Crippen LogP contribution is 2.22. The molecule has 0 unspecified atom stereocenters. The third kappa shape index (κ3) is 5.30. The van der Waals surface area contributed by atoms with Crippen molar-refractivity contribution in [3.05, 3.63) is 29.7 Å². The predicted octanol–water partition coefficient (Wildman–Crippen LogP) is 2.44. The summed E-state index contributed by atoms with van der Waals surface area (Å²) < 4.78 is 7.42. The molecule has 0 fully saturated rings. The molecule has 25 heavy (non-hydrogen) atoms. The lowest BCUT2D eigenvalue weighted by Crippen LogP contribution is -2.36. The molecule has 0 saturated heterocycles. The zero-order valence-corrected chi connectivity index (χ0v) is 15.6. The van der Waals surface area contributed by atoms with Crippen LogP contribution in [0.2, 0.25) is 0 Å². The van der Waals surface area contributed by atoms with Gasteiger partial charge in [0.2, 0.25) is 0 Å². The van der Waals surface area contributed by atoms with E-state index in [1.54, 1.807) is 6.33 Å². The Morgan fingerprint density at radius 3 is 2.72 bits per heavy atom. The van der Waals surface area contributed by atoms with E-state index in [2.05, 4.69) is 51.8 Å². The number of nitrogens with zero attached hydrogens (tertiary/aromatic N) is 5. The topological polar surface area (TPSA) is 93.2 Å². The van der Waals surface area contributed by atoms with Crippen molar-refractivity contribution >= 4 is 5.96 Å². The highest BCUT2D eigenvalue weighted by Gasteiger charge is 2.13. The smallest absolute Gasteiger partial charge is 0.192 e. The van der Waals surface area contributed by atoms with Crippen LogP contribution in [0.15, 0.2) is 21.9 Å². The Morgan fingerprint density at radius 1 is 1.24 bits per heavy atom. The van der Waals surface area contributed by atoms with Crippen LogP contribution >= 0.6 is 0 Å². The Kier molecular flexibility index (Phi) is 7.43. The molecule has 0 radical (unpaired) electrons. The Labute approximate surface area is 149 Å². The molecule has 2 aromatic heterocycles. The number of hydrogen-bond acceptors (Lipinski definition) is 5. The second-order valence-electron chi connectivity index (χ2n) is 5.81. The Balaban J connectivity index is 1.96. The van der Waals surface area contributed by atoms with Crippen LogP contribution in [0.1, 0.15) is 63.7 Å². The largest absolute Gasteiger partial charge is 0.359 e. The molecule has 8 nitrogen and oxygen atoms in total. The Morgan fingerprint density at radius 2 is 2.04 bits per heavy atom. The fraction of sp³-hybridized carbons (Fsp3) is 0.647. The SMILES string of the molecule is CCNC(=NCc1nncn1CC)NCc1cc(C(CC)CC)no1. The number of aryl methyl sites for hydroxylation is 1. The van der Waals surface area contributed by atoms with E-state index in [4.69, 9.17) is 4.52 Å². The molecule has 0 aromatic carbocycles. The van der Waals surface area contributed by atoms with Crippen LogP contribution in [0.3, 0.4) is 0 Å². The molecule has 0 atom stereocenters. The van der Waals surface area contributed by atoms with E-state index >= 15 is 0 Å². The summed E-state index contributed by atoms with van der Waals surface area (Å²) in [7, 11) is 0. The van der Waals surface area contributed by atoms with E-state index in [0.29, 0.717) is 25.0 Å². The number of hydrogen-bond donors (Lipinski definition) is 2. The minimum Gasteiger partial charge on any atom is -0.359 e. The van der Waals surface area contributed by atoms with Crippen molar-refractivity contribution in [2.45, 2.75) is 66.1 Å². The van der Waals surface area contributed by atoms with Crippen LogP contribution in [0.4, 0.5) is 0 Å². The molecule has 2 aromatic rings. The quantitative estimate of drug-likeness (QED) is 0.534. The van der Waals surface area contributed by atoms with Gasteiger partial charge in [-0.05, 0) is 26.7 Å². The lowest BCUT2D eigenvalue weighted by atomic mass is 9.99. The maximum Gasteiger partial charge on any atom is 0.192 e. The lowest BCUT2D eigenvalue weighted by molar-refractivity contribution is 0.368. The first-order chi connectivity index (χ1) is 12.2. The molecular weight excluding hydrogens is 318 g/mol. The molecule has 0 saturated carbocycles. The van der Waals surface area contributed by atoms with Crippen molar-refractivity contribution < 1.29 is 4.52 Å². The third-order valence-electron chi connectivity index (χ3n) is 4.17. The van der Waals surface area contributed by atoms with Crippen LogP contribution in [0.5, 0.6) is 0 Å². The monoisotopic (exact) mass is 347 g/mol. The molecule has 0 aliphatic heterocycles. The molecule has 0 aliphatic carbocycles. The van der Waals surface area contributed by atoms with Crippen LogP contribution in [0, 0.1) is 0 Å². The summed E-state index contributed by atoms with van der Waals surface area (Å²) >= 11 is 0. The van der Waals surface area contributed by atoms with E-state index in [1.165, 1.54) is 0 Å². The fourth-order valence-electron chi connectivity index (χ4n) is 2.64. The average molecular weight is 347 g/mol. The van der Waals surface area contributed by atoms with Crippen molar-refractivity contribution in [1.82, 2.24) is 30.6 Å². The Hall–Kier alpha value is -2.38. The van der Waals surface area contributed by atoms with Gasteiger partial charge in [0.1, 0.15) is 12.9 Å². The Bertz CT molecular complexity index is 658. The van der Waals surface area contributed by atoms with E-state index in [9.17, 15) is 0 Å². The maximum absolute atomic E-state index is 5.44. The normalized spacial score (nSPS) is 12.0. The van der Waals surface area contributed by atoms with Crippen molar-refractivity contribution in [2.24, 2.45) is 4.99 Å².